The number of aliphatic hydroxyl groups is 2. The Labute approximate surface area is 545 Å². The number of halogens is 3. The molecular weight excluding hydrogens is 1290 g/mol. The third-order valence-electron chi connectivity index (χ3n) is 15.8. The predicted octanol–water partition coefficient (Wildman–Crippen LogP) is 17.5. The summed E-state index contributed by atoms with van der Waals surface area (Å²) in [5, 5.41) is 43.7. The van der Waals surface area contributed by atoms with Gasteiger partial charge in [-0.05, 0) is 183 Å². The zero-order chi connectivity index (χ0) is 58.9. The van der Waals surface area contributed by atoms with E-state index in [9.17, 15) is 34.2 Å². The van der Waals surface area contributed by atoms with Crippen molar-refractivity contribution >= 4 is 128 Å². The summed E-state index contributed by atoms with van der Waals surface area (Å²) < 4.78 is 14.0. The zero-order valence-corrected chi connectivity index (χ0v) is 55.2. The molecule has 2 saturated carbocycles. The number of aryl methyl sites for hydroxylation is 2. The van der Waals surface area contributed by atoms with Crippen LogP contribution >= 0.6 is 58.9 Å². The molecule has 2 aliphatic rings. The number of benzene rings is 6. The maximum absolute atomic E-state index is 14.0. The summed E-state index contributed by atoms with van der Waals surface area (Å²) in [5.74, 6) is -0.339. The summed E-state index contributed by atoms with van der Waals surface area (Å²) in [5.41, 5.74) is 9.24. The molecule has 8 aromatic rings. The summed E-state index contributed by atoms with van der Waals surface area (Å²) in [6.07, 6.45) is 14.9. The van der Waals surface area contributed by atoms with Gasteiger partial charge in [0.15, 0.2) is 0 Å². The maximum Gasteiger partial charge on any atom is 0.303 e. The standard InChI is InChI=1S/C35H36ClNO4S.C35H36ClNO3S.HI.V/c1-34(2,40)30-9-4-3-7-25(30)13-17-32(42(41)23-35(18-19-35)22-33(38)39)27-8-5-6-24(20-27)10-15-29-16-12-26-11-14-28(36)21-31(26)37-29;1-34(2,40)30-9-4-3-7-25(30)13-17-32(41-23-35(18-19-35)22-33(38)39)27-8-5-6-24(20-27)10-15-29-16-12-26-11-14-28(36)21-31(26)37-29;;/h3-12,14-16,20-21,32,40H,13,17-19,22-23H2,1-2H3,(H,38,39);3-12,14-16,20-21,32,40H,13,17-19,22-23H2,1-2H3,(H,38,39);1H;/b2*15-10+;;/t32-,42?;32-;;/m11../s1. The molecule has 2 aliphatic carbocycles. The van der Waals surface area contributed by atoms with E-state index < -0.39 is 33.9 Å². The van der Waals surface area contributed by atoms with Crippen molar-refractivity contribution in [1.29, 1.82) is 0 Å². The Morgan fingerprint density at radius 2 is 1.04 bits per heavy atom. The molecule has 4 N–H and O–H groups in total. The van der Waals surface area contributed by atoms with Crippen molar-refractivity contribution in [3.8, 4) is 0 Å². The van der Waals surface area contributed by atoms with Gasteiger partial charge in [0.2, 0.25) is 0 Å². The fraction of sp³-hybridized carbons (Fsp3) is 0.314. The number of hydrogen-bond donors (Lipinski definition) is 4. The van der Waals surface area contributed by atoms with Crippen LogP contribution in [0.15, 0.2) is 158 Å². The van der Waals surface area contributed by atoms with Gasteiger partial charge in [-0.15, -0.1) is 24.0 Å². The van der Waals surface area contributed by atoms with Crippen LogP contribution in [-0.4, -0.2) is 58.0 Å². The summed E-state index contributed by atoms with van der Waals surface area (Å²) in [7, 11) is -1.27. The Morgan fingerprint density at radius 1 is 0.588 bits per heavy atom. The van der Waals surface area contributed by atoms with Crippen LogP contribution in [-0.2, 0) is 63.0 Å². The van der Waals surface area contributed by atoms with Gasteiger partial charge >= 0.3 is 11.9 Å². The molecule has 0 spiro atoms. The monoisotopic (exact) mass is 1370 g/mol. The van der Waals surface area contributed by atoms with Gasteiger partial charge in [-0.1, -0.05) is 157 Å². The molecule has 1 unspecified atom stereocenters. The van der Waals surface area contributed by atoms with Gasteiger partial charge in [-0.25, -0.2) is 9.97 Å². The number of aliphatic carboxylic acids is 2. The Balaban J connectivity index is 0.000000238. The first-order chi connectivity index (χ1) is 39.6. The molecule has 443 valence electrons. The van der Waals surface area contributed by atoms with Crippen molar-refractivity contribution in [1.82, 2.24) is 9.97 Å². The van der Waals surface area contributed by atoms with Crippen LogP contribution in [0.5, 0.6) is 0 Å². The molecule has 2 fully saturated rings. The van der Waals surface area contributed by atoms with Gasteiger partial charge in [0, 0.05) is 66.9 Å². The van der Waals surface area contributed by atoms with E-state index in [2.05, 4.69) is 48.5 Å². The van der Waals surface area contributed by atoms with Crippen molar-refractivity contribution in [3.63, 3.8) is 0 Å². The number of nitrogens with zero attached hydrogens (tertiary/aromatic N) is 2. The fourth-order valence-electron chi connectivity index (χ4n) is 10.9. The van der Waals surface area contributed by atoms with Crippen LogP contribution in [0.2, 0.25) is 10.0 Å². The zero-order valence-electron chi connectivity index (χ0n) is 48.3. The first kappa shape index (κ1) is 67.4. The average Bonchev–Trinajstić information content (AvgIpc) is 3.45. The molecule has 9 nitrogen and oxygen atoms in total. The number of hydrogen-bond acceptors (Lipinski definition) is 8. The van der Waals surface area contributed by atoms with Gasteiger partial charge in [0.05, 0.1) is 51.7 Å². The number of carboxylic acids is 2. The van der Waals surface area contributed by atoms with Gasteiger partial charge in [-0.3, -0.25) is 13.8 Å². The molecule has 2 aromatic heterocycles. The maximum atomic E-state index is 14.0. The second kappa shape index (κ2) is 29.7. The third kappa shape index (κ3) is 19.2. The predicted molar refractivity (Wildman–Crippen MR) is 358 cm³/mol. The number of pyridine rings is 2. The fourth-order valence-corrected chi connectivity index (χ4v) is 14.9. The molecule has 15 heteroatoms. The van der Waals surface area contributed by atoms with E-state index >= 15 is 0 Å². The van der Waals surface area contributed by atoms with E-state index in [1.807, 2.05) is 159 Å². The average molecular weight is 1370 g/mol. The van der Waals surface area contributed by atoms with Gasteiger partial charge < -0.3 is 20.4 Å². The van der Waals surface area contributed by atoms with Crippen LogP contribution in [0.3, 0.4) is 0 Å². The van der Waals surface area contributed by atoms with E-state index in [-0.39, 0.29) is 76.7 Å². The van der Waals surface area contributed by atoms with Gasteiger partial charge in [-0.2, -0.15) is 11.8 Å². The van der Waals surface area contributed by atoms with Crippen molar-refractivity contribution in [2.75, 3.05) is 11.5 Å². The quantitative estimate of drug-likeness (QED) is 0.0429. The minimum Gasteiger partial charge on any atom is -0.481 e. The summed E-state index contributed by atoms with van der Waals surface area (Å²) in [6, 6.07) is 52.0. The van der Waals surface area contributed by atoms with E-state index in [1.54, 1.807) is 13.8 Å². The molecule has 0 saturated heterocycles. The molecule has 3 atom stereocenters. The summed E-state index contributed by atoms with van der Waals surface area (Å²) in [6.45, 7) is 7.21. The second-order valence-corrected chi connectivity index (χ2v) is 27.3. The third-order valence-corrected chi connectivity index (χ3v) is 20.0. The molecule has 2 heterocycles. The Hall–Kier alpha value is -5.13. The molecule has 0 aliphatic heterocycles. The normalized spacial score (nSPS) is 15.3. The van der Waals surface area contributed by atoms with Crippen LogP contribution in [0, 0.1) is 10.8 Å². The molecule has 0 amide bonds. The molecule has 10 rings (SSSR count). The largest absolute Gasteiger partial charge is 0.481 e. The Bertz CT molecular complexity index is 3720. The van der Waals surface area contributed by atoms with E-state index in [0.29, 0.717) is 28.6 Å². The minimum absolute atomic E-state index is 0. The number of fused-ring (bicyclic) bond motifs is 2. The van der Waals surface area contributed by atoms with Gasteiger partial charge in [0.1, 0.15) is 0 Å². The molecule has 6 aromatic carbocycles. The van der Waals surface area contributed by atoms with Crippen LogP contribution in [0.1, 0.15) is 145 Å². The topological polar surface area (TPSA) is 158 Å². The summed E-state index contributed by atoms with van der Waals surface area (Å²) >= 11 is 14.2. The molecule has 1 radical (unpaired) electrons. The number of thioether (sulfide) groups is 1. The minimum atomic E-state index is -1.27. The Morgan fingerprint density at radius 3 is 1.52 bits per heavy atom. The van der Waals surface area contributed by atoms with E-state index in [1.165, 1.54) is 5.56 Å². The smallest absolute Gasteiger partial charge is 0.303 e. The first-order valence-electron chi connectivity index (χ1n) is 28.3. The van der Waals surface area contributed by atoms with Crippen molar-refractivity contribution in [2.45, 2.75) is 114 Å². The number of rotatable bonds is 24. The Kier molecular flexibility index (Phi) is 23.6. The first-order valence-corrected chi connectivity index (χ1v) is 31.5. The van der Waals surface area contributed by atoms with E-state index in [0.717, 1.165) is 116 Å². The number of carbonyl (C=O) groups is 2. The molecule has 85 heavy (non-hydrogen) atoms. The van der Waals surface area contributed by atoms with Crippen LogP contribution < -0.4 is 0 Å². The summed E-state index contributed by atoms with van der Waals surface area (Å²) in [4.78, 5) is 32.4. The van der Waals surface area contributed by atoms with Crippen molar-refractivity contribution in [2.24, 2.45) is 10.8 Å². The SMILES string of the molecule is CC(C)(O)c1ccccc1CC[C@@H](SCC1(CC(=O)O)CC1)c1cccc(/C=C/c2ccc3ccc(Cl)cc3n2)c1.CC(C)(O)c1ccccc1CC[C@H](c1cccc(/C=C/c2ccc3ccc(Cl)cc3n2)c1)S(=O)CC1(CC(=O)O)CC1.I.[V]. The molecular formula is C70H73Cl2IN2O7S2V. The number of aromatic nitrogens is 2. The van der Waals surface area contributed by atoms with Crippen molar-refractivity contribution in [3.05, 3.63) is 224 Å². The van der Waals surface area contributed by atoms with Crippen LogP contribution in [0.4, 0.5) is 0 Å². The van der Waals surface area contributed by atoms with Crippen molar-refractivity contribution < 1.29 is 52.8 Å². The van der Waals surface area contributed by atoms with Crippen LogP contribution in [0.25, 0.3) is 46.1 Å². The van der Waals surface area contributed by atoms with Gasteiger partial charge in [0.25, 0.3) is 0 Å². The number of carboxylic acid groups (broad SMARTS) is 2. The second-order valence-electron chi connectivity index (χ2n) is 23.6. The van der Waals surface area contributed by atoms with E-state index in [4.69, 9.17) is 33.2 Å². The molecule has 0 bridgehead atoms.